The van der Waals surface area contributed by atoms with Gasteiger partial charge < -0.3 is 31.2 Å². The van der Waals surface area contributed by atoms with Crippen molar-refractivity contribution < 1.29 is 26.3 Å². The van der Waals surface area contributed by atoms with Crippen LogP contribution in [0.5, 0.6) is 11.5 Å². The topological polar surface area (TPSA) is 37.9 Å². The van der Waals surface area contributed by atoms with Gasteiger partial charge in [-0.3, -0.25) is 0 Å². The highest BCUT2D eigenvalue weighted by molar-refractivity contribution is 6.05. The molecule has 194 valence electrons. The number of ether oxygens (including phenoxy) is 2. The number of benzene rings is 3. The van der Waals surface area contributed by atoms with Crippen molar-refractivity contribution in [3.8, 4) is 33.9 Å². The zero-order valence-corrected chi connectivity index (χ0v) is 22.5. The van der Waals surface area contributed by atoms with Crippen molar-refractivity contribution >= 4 is 16.7 Å². The molecule has 5 nitrogen and oxygen atoms in total. The average molecular weight is 519 g/mol. The fraction of sp³-hybridized carbons (Fsp3) is 0.387. The van der Waals surface area contributed by atoms with E-state index in [1.165, 1.54) is 49.6 Å². The van der Waals surface area contributed by atoms with Crippen LogP contribution in [0.1, 0.15) is 38.5 Å². The van der Waals surface area contributed by atoms with Crippen LogP contribution >= 0.6 is 0 Å². The molecule has 0 N–H and O–H groups in total. The van der Waals surface area contributed by atoms with Gasteiger partial charge in [0.15, 0.2) is 0 Å². The predicted octanol–water partition coefficient (Wildman–Crippen LogP) is 3.17. The standard InChI is InChI=1S/C31H35N2O3.ClH/c1-34-26-10-9-11-27(35-2)31(26)30-24-14-12-22(32-16-5-3-6-17-32)20-28(24)36-29-21-23(13-15-25(29)30)33-18-7-4-8-19-33;/h9-15,20-21H,3-8,16-19H2,1-2H3;1H/q+1;/p-1. The van der Waals surface area contributed by atoms with E-state index in [0.29, 0.717) is 0 Å². The first-order valence-electron chi connectivity index (χ1n) is 13.3. The molecule has 3 heterocycles. The lowest BCUT2D eigenvalue weighted by Gasteiger charge is -2.29. The molecule has 4 aliphatic rings. The van der Waals surface area contributed by atoms with Crippen LogP contribution in [0.3, 0.4) is 0 Å². The molecule has 1 aliphatic carbocycles. The Balaban J connectivity index is 0.00000280. The monoisotopic (exact) mass is 518 g/mol. The fourth-order valence-corrected chi connectivity index (χ4v) is 5.93. The highest BCUT2D eigenvalue weighted by atomic mass is 35.5. The third-order valence-electron chi connectivity index (χ3n) is 7.81. The Kier molecular flexibility index (Phi) is 7.61. The number of anilines is 1. The summed E-state index contributed by atoms with van der Waals surface area (Å²) in [5.41, 5.74) is 5.25. The number of methoxy groups -OCH3 is 2. The molecule has 2 aromatic rings. The molecule has 2 aromatic carbocycles. The molecule has 3 aliphatic heterocycles. The van der Waals surface area contributed by atoms with Gasteiger partial charge >= 0.3 is 0 Å². The maximum absolute atomic E-state index is 6.68. The molecule has 37 heavy (non-hydrogen) atoms. The Bertz CT molecular complexity index is 1410. The Morgan fingerprint density at radius 3 is 2.16 bits per heavy atom. The van der Waals surface area contributed by atoms with E-state index in [0.717, 1.165) is 71.1 Å². The van der Waals surface area contributed by atoms with E-state index in [1.807, 2.05) is 18.2 Å². The first-order valence-corrected chi connectivity index (χ1v) is 13.3. The van der Waals surface area contributed by atoms with E-state index in [2.05, 4.69) is 45.9 Å². The van der Waals surface area contributed by atoms with Gasteiger partial charge in [0.05, 0.1) is 25.8 Å². The van der Waals surface area contributed by atoms with E-state index < -0.39 is 0 Å². The molecule has 0 unspecified atom stereocenters. The number of hydrogen-bond donors (Lipinski definition) is 0. The number of halogens is 1. The van der Waals surface area contributed by atoms with Gasteiger partial charge in [-0.25, -0.2) is 4.58 Å². The fourth-order valence-electron chi connectivity index (χ4n) is 5.93. The Morgan fingerprint density at radius 2 is 1.46 bits per heavy atom. The number of piperidine rings is 2. The summed E-state index contributed by atoms with van der Waals surface area (Å²) < 4.78 is 20.9. The van der Waals surface area contributed by atoms with Crippen LogP contribution in [0, 0.1) is 0 Å². The Hall–Kier alpha value is -3.18. The summed E-state index contributed by atoms with van der Waals surface area (Å²) in [7, 11) is 3.44. The molecule has 0 saturated carbocycles. The minimum Gasteiger partial charge on any atom is -1.00 e. The van der Waals surface area contributed by atoms with Crippen molar-refractivity contribution in [3.05, 3.63) is 60.0 Å². The highest BCUT2D eigenvalue weighted by Gasteiger charge is 2.25. The molecule has 0 spiro atoms. The third-order valence-corrected chi connectivity index (χ3v) is 7.81. The molecule has 6 heteroatoms. The second-order valence-electron chi connectivity index (χ2n) is 9.97. The first kappa shape index (κ1) is 25.5. The van der Waals surface area contributed by atoms with Gasteiger partial charge in [0.2, 0.25) is 5.36 Å². The summed E-state index contributed by atoms with van der Waals surface area (Å²) >= 11 is 0. The van der Waals surface area contributed by atoms with E-state index in [9.17, 15) is 0 Å². The molecule has 0 amide bonds. The van der Waals surface area contributed by atoms with Crippen molar-refractivity contribution in [2.45, 2.75) is 38.5 Å². The maximum atomic E-state index is 6.68. The number of rotatable bonds is 4. The molecule has 2 saturated heterocycles. The van der Waals surface area contributed by atoms with Crippen molar-refractivity contribution in [3.63, 3.8) is 0 Å². The number of hydrogen-bond acceptors (Lipinski definition) is 4. The van der Waals surface area contributed by atoms with Crippen LogP contribution in [0.4, 0.5) is 5.69 Å². The summed E-state index contributed by atoms with van der Waals surface area (Å²) in [5.74, 6) is 2.48. The molecular weight excluding hydrogens is 484 g/mol. The quantitative estimate of drug-likeness (QED) is 0.307. The average Bonchev–Trinajstić information content (AvgIpc) is 2.95. The minimum atomic E-state index is 0. The lowest BCUT2D eigenvalue weighted by atomic mass is 9.92. The first-order chi connectivity index (χ1) is 17.8. The Morgan fingerprint density at radius 1 is 0.757 bits per heavy atom. The van der Waals surface area contributed by atoms with E-state index >= 15 is 0 Å². The van der Waals surface area contributed by atoms with Gasteiger partial charge in [0, 0.05) is 60.3 Å². The van der Waals surface area contributed by atoms with Crippen LogP contribution in [0.25, 0.3) is 33.4 Å². The summed E-state index contributed by atoms with van der Waals surface area (Å²) in [6.45, 7) is 4.41. The molecular formula is C31H35ClN2O3. The minimum absolute atomic E-state index is 0. The zero-order chi connectivity index (χ0) is 24.5. The SMILES string of the molecule is COc1cccc(OC)c1-c1c2ccc(=[N+]3CCCCC3)cc-2oc2cc(N3CCCCC3)ccc12.[Cl-]. The molecule has 0 aromatic heterocycles. The summed E-state index contributed by atoms with van der Waals surface area (Å²) in [6.07, 6.45) is 7.61. The summed E-state index contributed by atoms with van der Waals surface area (Å²) in [6, 6.07) is 19.3. The van der Waals surface area contributed by atoms with Gasteiger partial charge in [-0.05, 0) is 56.0 Å². The van der Waals surface area contributed by atoms with Crippen molar-refractivity contribution in [2.75, 3.05) is 45.3 Å². The largest absolute Gasteiger partial charge is 1.00 e. The normalized spacial score (nSPS) is 16.1. The molecule has 0 radical (unpaired) electrons. The van der Waals surface area contributed by atoms with Gasteiger partial charge in [0.25, 0.3) is 0 Å². The third kappa shape index (κ3) is 4.77. The lowest BCUT2D eigenvalue weighted by molar-refractivity contribution is -0.00000822. The maximum Gasteiger partial charge on any atom is 0.203 e. The van der Waals surface area contributed by atoms with Crippen LogP contribution in [-0.2, 0) is 0 Å². The van der Waals surface area contributed by atoms with Crippen LogP contribution < -0.4 is 36.7 Å². The Labute approximate surface area is 225 Å². The number of fused-ring (bicyclic) bond motifs is 2. The predicted molar refractivity (Wildman–Crippen MR) is 146 cm³/mol. The van der Waals surface area contributed by atoms with E-state index in [1.54, 1.807) is 14.2 Å². The smallest absolute Gasteiger partial charge is 0.203 e. The molecule has 0 bridgehead atoms. The van der Waals surface area contributed by atoms with Gasteiger partial charge in [-0.15, -0.1) is 0 Å². The van der Waals surface area contributed by atoms with E-state index in [-0.39, 0.29) is 12.4 Å². The molecule has 6 rings (SSSR count). The summed E-state index contributed by atoms with van der Waals surface area (Å²) in [5, 5.41) is 2.30. The van der Waals surface area contributed by atoms with Gasteiger partial charge in [0.1, 0.15) is 35.9 Å². The van der Waals surface area contributed by atoms with Crippen molar-refractivity contribution in [1.29, 1.82) is 0 Å². The van der Waals surface area contributed by atoms with Crippen LogP contribution in [-0.4, -0.2) is 40.4 Å². The van der Waals surface area contributed by atoms with Crippen molar-refractivity contribution in [2.24, 2.45) is 0 Å². The zero-order valence-electron chi connectivity index (χ0n) is 21.8. The van der Waals surface area contributed by atoms with Crippen molar-refractivity contribution in [1.82, 2.24) is 4.58 Å². The van der Waals surface area contributed by atoms with Gasteiger partial charge in [-0.2, -0.15) is 0 Å². The van der Waals surface area contributed by atoms with E-state index in [4.69, 9.17) is 13.9 Å². The van der Waals surface area contributed by atoms with Gasteiger partial charge in [-0.1, -0.05) is 6.07 Å². The highest BCUT2D eigenvalue weighted by Crippen LogP contribution is 2.47. The summed E-state index contributed by atoms with van der Waals surface area (Å²) in [4.78, 5) is 2.48. The lowest BCUT2D eigenvalue weighted by Crippen LogP contribution is -3.00. The second-order valence-corrected chi connectivity index (χ2v) is 9.97. The van der Waals surface area contributed by atoms with Crippen LogP contribution in [0.2, 0.25) is 0 Å². The number of nitrogens with zero attached hydrogens (tertiary/aromatic N) is 2. The second kappa shape index (κ2) is 11.1. The van der Waals surface area contributed by atoms with Crippen LogP contribution in [0.15, 0.2) is 59.0 Å². The molecule has 0 atom stereocenters. The molecule has 2 fully saturated rings.